The largest absolute Gasteiger partial charge is 0.443 e. The van der Waals surface area contributed by atoms with Crippen molar-refractivity contribution in [1.82, 2.24) is 25.4 Å². The summed E-state index contributed by atoms with van der Waals surface area (Å²) < 4.78 is 7.24. The van der Waals surface area contributed by atoms with E-state index in [0.29, 0.717) is 16.3 Å². The van der Waals surface area contributed by atoms with E-state index < -0.39 is 35.1 Å². The standard InChI is InChI=1S/C28H34Br2N6O7/c1-31-26(40)20(37)9-8-18(32-27(41)21-12-17(29)23(30)43-21)25(39)33-19-7-4-10-36(28(19)42)14-22(38)34-24-16-6-3-5-15(11-16)13-35(24)2/h4,7,10,12,15-16,18,24H,3,5-6,8-9,11,13-14H2,1-2H3,(H,31,40)(H,32,41)(H,33,39)(H,34,38). The van der Waals surface area contributed by atoms with E-state index in [0.717, 1.165) is 25.8 Å². The van der Waals surface area contributed by atoms with Crippen molar-refractivity contribution in [3.05, 3.63) is 49.7 Å². The van der Waals surface area contributed by atoms with Gasteiger partial charge in [0.25, 0.3) is 17.4 Å². The number of nitrogens with zero attached hydrogens (tertiary/aromatic N) is 2. The number of likely N-dealkylation sites (tertiary alicyclic amines) is 1. The number of carbonyl (C=O) groups is 5. The third-order valence-corrected chi connectivity index (χ3v) is 9.53. The fourth-order valence-electron chi connectivity index (χ4n) is 5.72. The van der Waals surface area contributed by atoms with Crippen molar-refractivity contribution < 1.29 is 28.4 Å². The van der Waals surface area contributed by atoms with Crippen molar-refractivity contribution in [3.63, 3.8) is 0 Å². The lowest BCUT2D eigenvalue weighted by Crippen LogP contribution is -2.57. The van der Waals surface area contributed by atoms with Gasteiger partial charge in [-0.2, -0.15) is 0 Å². The van der Waals surface area contributed by atoms with Crippen molar-refractivity contribution in [2.75, 3.05) is 26.0 Å². The molecular formula is C28H34Br2N6O7. The van der Waals surface area contributed by atoms with Crippen LogP contribution in [0.1, 0.15) is 49.1 Å². The van der Waals surface area contributed by atoms with Crippen LogP contribution >= 0.6 is 31.9 Å². The van der Waals surface area contributed by atoms with Crippen LogP contribution in [-0.4, -0.2) is 71.7 Å². The first-order valence-corrected chi connectivity index (χ1v) is 15.6. The Morgan fingerprint density at radius 2 is 1.93 bits per heavy atom. The summed E-state index contributed by atoms with van der Waals surface area (Å²) in [4.78, 5) is 78.2. The zero-order valence-corrected chi connectivity index (χ0v) is 27.0. The average Bonchev–Trinajstić information content (AvgIpc) is 3.32. The minimum absolute atomic E-state index is 0.0973. The highest BCUT2D eigenvalue weighted by Crippen LogP contribution is 2.36. The van der Waals surface area contributed by atoms with Gasteiger partial charge < -0.3 is 30.3 Å². The lowest BCUT2D eigenvalue weighted by Gasteiger charge is -2.46. The van der Waals surface area contributed by atoms with E-state index in [-0.39, 0.29) is 47.6 Å². The van der Waals surface area contributed by atoms with Crippen LogP contribution in [0.15, 0.2) is 42.7 Å². The molecule has 13 nitrogen and oxygen atoms in total. The van der Waals surface area contributed by atoms with E-state index in [1.54, 1.807) is 0 Å². The number of aromatic nitrogens is 1. The third kappa shape index (κ3) is 8.21. The van der Waals surface area contributed by atoms with Crippen LogP contribution in [0.4, 0.5) is 5.69 Å². The number of likely N-dealkylation sites (N-methyl/N-ethyl adjacent to an activating group) is 1. The van der Waals surface area contributed by atoms with Gasteiger partial charge in [-0.05, 0) is 88.6 Å². The Bertz CT molecular complexity index is 1440. The number of halogens is 2. The molecule has 4 unspecified atom stereocenters. The van der Waals surface area contributed by atoms with Crippen molar-refractivity contribution in [2.24, 2.45) is 11.8 Å². The number of nitrogens with one attached hydrogen (secondary N) is 4. The second-order valence-corrected chi connectivity index (χ2v) is 12.5. The summed E-state index contributed by atoms with van der Waals surface area (Å²) in [5, 5.41) is 10.3. The molecule has 1 aliphatic heterocycles. The molecule has 232 valence electrons. The van der Waals surface area contributed by atoms with Gasteiger partial charge in [0.1, 0.15) is 18.3 Å². The van der Waals surface area contributed by atoms with Gasteiger partial charge in [0.2, 0.25) is 17.6 Å². The zero-order valence-electron chi connectivity index (χ0n) is 23.8. The number of hydrogen-bond donors (Lipinski definition) is 4. The van der Waals surface area contributed by atoms with E-state index in [4.69, 9.17) is 4.42 Å². The predicted octanol–water partition coefficient (Wildman–Crippen LogP) is 1.99. The fourth-order valence-corrected chi connectivity index (χ4v) is 6.30. The molecule has 4 amide bonds. The van der Waals surface area contributed by atoms with Gasteiger partial charge in [-0.25, -0.2) is 0 Å². The molecule has 15 heteroatoms. The molecule has 4 rings (SSSR count). The first-order chi connectivity index (χ1) is 20.5. The first kappa shape index (κ1) is 32.6. The van der Waals surface area contributed by atoms with Crippen LogP contribution < -0.4 is 26.8 Å². The van der Waals surface area contributed by atoms with Gasteiger partial charge in [-0.15, -0.1) is 0 Å². The maximum Gasteiger partial charge on any atom is 0.287 e. The summed E-state index contributed by atoms with van der Waals surface area (Å²) in [6, 6.07) is 2.98. The molecule has 43 heavy (non-hydrogen) atoms. The van der Waals surface area contributed by atoms with Crippen molar-refractivity contribution in [3.8, 4) is 0 Å². The van der Waals surface area contributed by atoms with E-state index in [2.05, 4.69) is 58.0 Å². The van der Waals surface area contributed by atoms with E-state index >= 15 is 0 Å². The van der Waals surface area contributed by atoms with Gasteiger partial charge in [0.15, 0.2) is 10.4 Å². The van der Waals surface area contributed by atoms with Crippen molar-refractivity contribution in [1.29, 1.82) is 0 Å². The first-order valence-electron chi connectivity index (χ1n) is 14.0. The van der Waals surface area contributed by atoms with Gasteiger partial charge in [-0.1, -0.05) is 6.42 Å². The molecule has 2 fully saturated rings. The average molecular weight is 726 g/mol. The lowest BCUT2D eigenvalue weighted by molar-refractivity contribution is -0.137. The number of furan rings is 1. The quantitative estimate of drug-likeness (QED) is 0.255. The molecule has 2 aromatic heterocycles. The molecule has 1 saturated heterocycles. The van der Waals surface area contributed by atoms with Crippen LogP contribution in [0, 0.1) is 11.8 Å². The van der Waals surface area contributed by atoms with Crippen LogP contribution in [-0.2, 0) is 25.7 Å². The monoisotopic (exact) mass is 724 g/mol. The van der Waals surface area contributed by atoms with E-state index in [9.17, 15) is 28.8 Å². The van der Waals surface area contributed by atoms with Gasteiger partial charge in [-0.3, -0.25) is 33.7 Å². The summed E-state index contributed by atoms with van der Waals surface area (Å²) >= 11 is 6.36. The summed E-state index contributed by atoms with van der Waals surface area (Å²) in [5.41, 5.74) is -0.739. The molecule has 2 aliphatic rings. The van der Waals surface area contributed by atoms with Crippen LogP contribution in [0.2, 0.25) is 0 Å². The number of hydrogen-bond acceptors (Lipinski definition) is 8. The highest BCUT2D eigenvalue weighted by atomic mass is 79.9. The Morgan fingerprint density at radius 1 is 1.16 bits per heavy atom. The highest BCUT2D eigenvalue weighted by molar-refractivity contribution is 9.13. The number of amides is 4. The summed E-state index contributed by atoms with van der Waals surface area (Å²) in [6.07, 6.45) is 5.27. The molecule has 4 atom stereocenters. The number of ketones is 1. The molecule has 4 N–H and O–H groups in total. The van der Waals surface area contributed by atoms with Gasteiger partial charge >= 0.3 is 0 Å². The summed E-state index contributed by atoms with van der Waals surface area (Å²) in [6.45, 7) is 0.676. The number of pyridine rings is 1. The molecule has 0 spiro atoms. The zero-order chi connectivity index (χ0) is 31.3. The van der Waals surface area contributed by atoms with E-state index in [1.807, 2.05) is 7.05 Å². The minimum atomic E-state index is -1.30. The van der Waals surface area contributed by atoms with Crippen molar-refractivity contribution in [2.45, 2.75) is 57.3 Å². The summed E-state index contributed by atoms with van der Waals surface area (Å²) in [5.74, 6) is -2.58. The molecule has 0 aromatic carbocycles. The Kier molecular flexibility index (Phi) is 11.0. The molecule has 2 aromatic rings. The summed E-state index contributed by atoms with van der Waals surface area (Å²) in [7, 11) is 3.30. The Morgan fingerprint density at radius 3 is 2.63 bits per heavy atom. The molecule has 1 saturated carbocycles. The topological polar surface area (TPSA) is 172 Å². The highest BCUT2D eigenvalue weighted by Gasteiger charge is 2.37. The second kappa shape index (κ2) is 14.4. The predicted molar refractivity (Wildman–Crippen MR) is 163 cm³/mol. The number of carbonyl (C=O) groups excluding carboxylic acids is 5. The minimum Gasteiger partial charge on any atom is -0.443 e. The van der Waals surface area contributed by atoms with E-state index in [1.165, 1.54) is 42.4 Å². The second-order valence-electron chi connectivity index (χ2n) is 10.9. The SMILES string of the molecule is CNC(=O)C(=O)CCC(NC(=O)c1cc(Br)c(Br)o1)C(=O)Nc1cccn(CC(=O)NC2C3CCCC(C3)CN2C)c1=O. The molecule has 3 heterocycles. The number of Topliss-reactive ketones (excluding diaryl/α,β-unsaturated/α-hetero) is 1. The fraction of sp³-hybridized carbons (Fsp3) is 0.500. The Labute approximate surface area is 264 Å². The number of piperidine rings is 1. The Balaban J connectivity index is 1.44. The number of rotatable bonds is 11. The lowest BCUT2D eigenvalue weighted by atomic mass is 9.76. The number of fused-ring (bicyclic) bond motifs is 2. The molecule has 2 bridgehead atoms. The van der Waals surface area contributed by atoms with Crippen LogP contribution in [0.25, 0.3) is 0 Å². The Hall–Kier alpha value is -3.30. The normalized spacial score (nSPS) is 20.5. The number of anilines is 1. The third-order valence-electron chi connectivity index (χ3n) is 7.82. The van der Waals surface area contributed by atoms with Gasteiger partial charge in [0, 0.05) is 32.3 Å². The maximum atomic E-state index is 13.3. The van der Waals surface area contributed by atoms with Crippen LogP contribution in [0.5, 0.6) is 0 Å². The van der Waals surface area contributed by atoms with Gasteiger partial charge in [0.05, 0.1) is 10.6 Å². The molecule has 1 aliphatic carbocycles. The smallest absolute Gasteiger partial charge is 0.287 e. The van der Waals surface area contributed by atoms with Crippen molar-refractivity contribution >= 4 is 67.0 Å². The molecular weight excluding hydrogens is 692 g/mol. The van der Waals surface area contributed by atoms with Crippen LogP contribution in [0.3, 0.4) is 0 Å². The molecule has 0 radical (unpaired) electrons. The maximum absolute atomic E-state index is 13.3.